The number of carbonyl (C=O) groups is 3. The Kier molecular flexibility index (Phi) is 5.60. The second-order valence-corrected chi connectivity index (χ2v) is 6.06. The molecule has 2 rings (SSSR count). The second kappa shape index (κ2) is 7.52. The Morgan fingerprint density at radius 2 is 1.69 bits per heavy atom. The third kappa shape index (κ3) is 4.79. The van der Waals surface area contributed by atoms with Gasteiger partial charge in [-0.05, 0) is 12.1 Å². The lowest BCUT2D eigenvalue weighted by atomic mass is 10.1. The summed E-state index contributed by atoms with van der Waals surface area (Å²) in [6, 6.07) is 2.81. The normalized spacial score (nSPS) is 11.4. The molecule has 0 unspecified atom stereocenters. The van der Waals surface area contributed by atoms with Crippen LogP contribution in [-0.2, 0) is 27.0 Å². The van der Waals surface area contributed by atoms with Gasteiger partial charge in [0.25, 0.3) is 0 Å². The van der Waals surface area contributed by atoms with E-state index < -0.39 is 35.5 Å². The molecule has 0 bridgehead atoms. The summed E-state index contributed by atoms with van der Waals surface area (Å²) in [4.78, 5) is 38.1. The number of thiazole rings is 1. The molecule has 2 aromatic rings. The van der Waals surface area contributed by atoms with E-state index in [1.54, 1.807) is 0 Å². The Labute approximate surface area is 149 Å². The molecular weight excluding hydrogens is 373 g/mol. The van der Waals surface area contributed by atoms with Crippen LogP contribution in [0.5, 0.6) is 0 Å². The van der Waals surface area contributed by atoms with Crippen LogP contribution >= 0.6 is 11.3 Å². The van der Waals surface area contributed by atoms with Crippen molar-refractivity contribution in [2.75, 3.05) is 0 Å². The first kappa shape index (κ1) is 19.4. The zero-order chi connectivity index (χ0) is 19.5. The highest BCUT2D eigenvalue weighted by Crippen LogP contribution is 2.31. The first-order chi connectivity index (χ1) is 12.1. The number of halogens is 3. The van der Waals surface area contributed by atoms with E-state index in [0.29, 0.717) is 16.3 Å². The average molecular weight is 386 g/mol. The molecule has 1 aromatic carbocycles. The number of carbonyl (C=O) groups excluding carboxylic acids is 3. The molecule has 5 N–H and O–H groups in total. The van der Waals surface area contributed by atoms with Crippen molar-refractivity contribution in [2.24, 2.45) is 11.5 Å². The molecule has 1 aromatic heterocycles. The molecule has 1 heterocycles. The summed E-state index contributed by atoms with van der Waals surface area (Å²) in [5, 5.41) is 4.05. The van der Waals surface area contributed by atoms with Gasteiger partial charge < -0.3 is 16.8 Å². The highest BCUT2D eigenvalue weighted by molar-refractivity contribution is 7.13. The van der Waals surface area contributed by atoms with Crippen LogP contribution in [0.2, 0.25) is 0 Å². The van der Waals surface area contributed by atoms with Crippen molar-refractivity contribution in [1.82, 2.24) is 10.3 Å². The van der Waals surface area contributed by atoms with E-state index in [0.717, 1.165) is 23.5 Å². The lowest BCUT2D eigenvalue weighted by molar-refractivity contribution is -0.137. The highest BCUT2D eigenvalue weighted by atomic mass is 32.1. The number of amides is 3. The molecule has 138 valence electrons. The van der Waals surface area contributed by atoms with Crippen molar-refractivity contribution in [1.29, 1.82) is 0 Å². The summed E-state index contributed by atoms with van der Waals surface area (Å²) in [6.07, 6.45) is -4.68. The fraction of sp³-hybridized carbons (Fsp3) is 0.200. The van der Waals surface area contributed by atoms with Gasteiger partial charge in [0.1, 0.15) is 5.01 Å². The molecule has 0 saturated carbocycles. The number of nitrogens with two attached hydrogens (primary N) is 2. The van der Waals surface area contributed by atoms with Gasteiger partial charge >= 0.3 is 6.18 Å². The quantitative estimate of drug-likeness (QED) is 0.635. The number of benzene rings is 1. The second-order valence-electron chi connectivity index (χ2n) is 5.20. The molecule has 0 saturated heterocycles. The van der Waals surface area contributed by atoms with Crippen LogP contribution in [0.3, 0.4) is 0 Å². The first-order valence-electron chi connectivity index (χ1n) is 7.08. The zero-order valence-electron chi connectivity index (χ0n) is 13.0. The Bertz CT molecular complexity index is 819. The van der Waals surface area contributed by atoms with Crippen molar-refractivity contribution in [3.63, 3.8) is 0 Å². The van der Waals surface area contributed by atoms with Crippen LogP contribution in [0.1, 0.15) is 11.3 Å². The predicted octanol–water partition coefficient (Wildman–Crippen LogP) is 0.827. The molecule has 0 aliphatic heterocycles. The largest absolute Gasteiger partial charge is 0.416 e. The van der Waals surface area contributed by atoms with E-state index >= 15 is 0 Å². The van der Waals surface area contributed by atoms with E-state index in [2.05, 4.69) is 10.3 Å². The fourth-order valence-corrected chi connectivity index (χ4v) is 2.81. The summed E-state index contributed by atoms with van der Waals surface area (Å²) in [6.45, 7) is 0. The van der Waals surface area contributed by atoms with Gasteiger partial charge in [-0.15, -0.1) is 11.3 Å². The lowest BCUT2D eigenvalue weighted by Gasteiger charge is -2.10. The minimum Gasteiger partial charge on any atom is -0.367 e. The van der Waals surface area contributed by atoms with Crippen molar-refractivity contribution >= 4 is 29.1 Å². The molecule has 0 aliphatic rings. The fourth-order valence-electron chi connectivity index (χ4n) is 1.98. The maximum Gasteiger partial charge on any atom is 0.416 e. The monoisotopic (exact) mass is 386 g/mol. The molecule has 0 aliphatic carbocycles. The van der Waals surface area contributed by atoms with Crippen molar-refractivity contribution < 1.29 is 27.6 Å². The van der Waals surface area contributed by atoms with Crippen molar-refractivity contribution in [3.05, 3.63) is 40.9 Å². The number of nitrogens with zero attached hydrogens (tertiary/aromatic N) is 1. The van der Waals surface area contributed by atoms with Gasteiger partial charge in [-0.2, -0.15) is 13.2 Å². The average Bonchev–Trinajstić information content (AvgIpc) is 2.99. The summed E-state index contributed by atoms with van der Waals surface area (Å²) < 4.78 is 37.7. The molecule has 3 amide bonds. The number of primary amides is 2. The number of hydrogen-bond acceptors (Lipinski definition) is 5. The van der Waals surface area contributed by atoms with Gasteiger partial charge in [-0.25, -0.2) is 4.98 Å². The van der Waals surface area contributed by atoms with Gasteiger partial charge in [-0.3, -0.25) is 14.4 Å². The van der Waals surface area contributed by atoms with Crippen LogP contribution in [-0.4, -0.2) is 28.7 Å². The minimum absolute atomic E-state index is 0.256. The number of hydrogen-bond donors (Lipinski definition) is 3. The van der Waals surface area contributed by atoms with Crippen LogP contribution < -0.4 is 16.8 Å². The summed E-state index contributed by atoms with van der Waals surface area (Å²) in [5.41, 5.74) is 9.91. The van der Waals surface area contributed by atoms with Crippen LogP contribution in [0.25, 0.3) is 10.6 Å². The molecule has 7 nitrogen and oxygen atoms in total. The summed E-state index contributed by atoms with van der Waals surface area (Å²) in [7, 11) is 0. The molecule has 11 heteroatoms. The van der Waals surface area contributed by atoms with Crippen LogP contribution in [0.15, 0.2) is 29.6 Å². The number of rotatable bonds is 6. The molecule has 0 atom stereocenters. The molecule has 0 radical (unpaired) electrons. The highest BCUT2D eigenvalue weighted by Gasteiger charge is 2.30. The molecular formula is C15H13F3N4O3S. The van der Waals surface area contributed by atoms with Crippen LogP contribution in [0, 0.1) is 0 Å². The molecule has 26 heavy (non-hydrogen) atoms. The number of nitrogens with one attached hydrogen (secondary N) is 1. The van der Waals surface area contributed by atoms with Crippen molar-refractivity contribution in [2.45, 2.75) is 18.6 Å². The van der Waals surface area contributed by atoms with Gasteiger partial charge in [0.2, 0.25) is 17.7 Å². The van der Waals surface area contributed by atoms with Gasteiger partial charge in [0.05, 0.1) is 17.7 Å². The van der Waals surface area contributed by atoms with E-state index in [1.807, 2.05) is 0 Å². The third-order valence-corrected chi connectivity index (χ3v) is 4.17. The van der Waals surface area contributed by atoms with Crippen molar-refractivity contribution in [3.8, 4) is 10.6 Å². The lowest BCUT2D eigenvalue weighted by Crippen LogP contribution is -2.52. The predicted molar refractivity (Wildman–Crippen MR) is 86.6 cm³/mol. The zero-order valence-corrected chi connectivity index (χ0v) is 13.9. The minimum atomic E-state index is -4.43. The Balaban J connectivity index is 2.06. The van der Waals surface area contributed by atoms with Gasteiger partial charge in [-0.1, -0.05) is 12.1 Å². The topological polar surface area (TPSA) is 128 Å². The first-order valence-corrected chi connectivity index (χ1v) is 7.96. The van der Waals surface area contributed by atoms with E-state index in [9.17, 15) is 27.6 Å². The van der Waals surface area contributed by atoms with E-state index in [4.69, 9.17) is 11.5 Å². The SMILES string of the molecule is NC(=O)C(NC(=O)Cc1csc(-c2ccc(C(F)(F)F)cc2)n1)C(N)=O. The number of aromatic nitrogens is 1. The summed E-state index contributed by atoms with van der Waals surface area (Å²) in [5.74, 6) is -2.87. The maximum absolute atomic E-state index is 12.6. The van der Waals surface area contributed by atoms with Crippen LogP contribution in [0.4, 0.5) is 13.2 Å². The maximum atomic E-state index is 12.6. The summed E-state index contributed by atoms with van der Waals surface area (Å²) >= 11 is 1.13. The number of alkyl halides is 3. The Morgan fingerprint density at radius 3 is 2.19 bits per heavy atom. The molecule has 0 fully saturated rings. The van der Waals surface area contributed by atoms with Gasteiger partial charge in [0.15, 0.2) is 6.04 Å². The third-order valence-electron chi connectivity index (χ3n) is 3.23. The Hall–Kier alpha value is -2.95. The van der Waals surface area contributed by atoms with E-state index in [-0.39, 0.29) is 6.42 Å². The molecule has 0 spiro atoms. The van der Waals surface area contributed by atoms with Gasteiger partial charge in [0, 0.05) is 10.9 Å². The standard InChI is InChI=1S/C15H13F3N4O3S/c16-15(17,18)8-3-1-7(2-4-8)14-21-9(6-26-14)5-10(23)22-11(12(19)24)13(20)25/h1-4,6,11H,5H2,(H2,19,24)(H2,20,25)(H,22,23). The smallest absolute Gasteiger partial charge is 0.367 e. The Morgan fingerprint density at radius 1 is 1.12 bits per heavy atom. The van der Waals surface area contributed by atoms with E-state index in [1.165, 1.54) is 17.5 Å².